The number of hydrogen-bond acceptors (Lipinski definition) is 0. The monoisotopic (exact) mass is 175 g/mol. The quantitative estimate of drug-likeness (QED) is 0.359. The average Bonchev–Trinajstić information content (AvgIpc) is 0. The molecule has 0 nitrogen and oxygen atoms in total. The Morgan fingerprint density at radius 3 is 1.25 bits per heavy atom. The Hall–Kier alpha value is 2.50. The summed E-state index contributed by atoms with van der Waals surface area (Å²) in [5, 5.41) is 0. The van der Waals surface area contributed by atoms with E-state index in [0.29, 0.717) is 0 Å². The molecule has 0 atom stereocenters. The summed E-state index contributed by atoms with van der Waals surface area (Å²) in [5.74, 6) is 0. The van der Waals surface area contributed by atoms with Crippen LogP contribution in [0.15, 0.2) is 0 Å². The fourth-order valence-corrected chi connectivity index (χ4v) is 0. The Morgan fingerprint density at radius 2 is 1.25 bits per heavy atom. The fourth-order valence-electron chi connectivity index (χ4n) is 0. The first-order valence-corrected chi connectivity index (χ1v) is 0. The van der Waals surface area contributed by atoms with Gasteiger partial charge in [0, 0.05) is 38.0 Å². The van der Waals surface area contributed by atoms with Crippen LogP contribution in [0, 0.1) is 0 Å². The van der Waals surface area contributed by atoms with Gasteiger partial charge in [0.25, 0.3) is 0 Å². The van der Waals surface area contributed by atoms with Gasteiger partial charge in [-0.15, -0.1) is 12.4 Å². The van der Waals surface area contributed by atoms with Gasteiger partial charge in [0.05, 0.1) is 0 Å². The normalized spacial score (nSPS) is 0. The van der Waals surface area contributed by atoms with Crippen LogP contribution in [0.25, 0.3) is 0 Å². The molecule has 0 spiro atoms. The second-order valence-electron chi connectivity index (χ2n) is 0. The van der Waals surface area contributed by atoms with Crippen LogP contribution in [0.2, 0.25) is 0 Å². The van der Waals surface area contributed by atoms with E-state index in [2.05, 4.69) is 0 Å². The molecule has 0 fully saturated rings. The summed E-state index contributed by atoms with van der Waals surface area (Å²) >= 11 is 0. The summed E-state index contributed by atoms with van der Waals surface area (Å²) in [7, 11) is 0. The summed E-state index contributed by atoms with van der Waals surface area (Å²) in [6, 6.07) is 0. The molecular formula is H2ClNaVZn. The van der Waals surface area contributed by atoms with Gasteiger partial charge in [0.1, 0.15) is 0 Å². The van der Waals surface area contributed by atoms with Crippen LogP contribution in [0.1, 0.15) is 1.43 Å². The average molecular weight is 177 g/mol. The number of rotatable bonds is 0. The molecule has 0 rings (SSSR count). The third-order valence-electron chi connectivity index (χ3n) is 0. The summed E-state index contributed by atoms with van der Waals surface area (Å²) in [5.41, 5.74) is 0. The van der Waals surface area contributed by atoms with Gasteiger partial charge in [-0.2, -0.15) is 0 Å². The van der Waals surface area contributed by atoms with Gasteiger partial charge in [0.15, 0.2) is 0 Å². The molecule has 0 unspecified atom stereocenters. The third-order valence-corrected chi connectivity index (χ3v) is 0. The molecular weight excluding hydrogens is 175 g/mol. The zero-order chi connectivity index (χ0) is 0. The Morgan fingerprint density at radius 1 is 1.25 bits per heavy atom. The van der Waals surface area contributed by atoms with Crippen molar-refractivity contribution in [3.63, 3.8) is 0 Å². The summed E-state index contributed by atoms with van der Waals surface area (Å²) in [6.45, 7) is 0. The molecule has 0 amide bonds. The molecule has 4 heteroatoms. The molecule has 0 aromatic carbocycles. The predicted octanol–water partition coefficient (Wildman–Crippen LogP) is -2.47. The molecule has 17 valence electrons. The molecule has 0 aliphatic rings. The van der Waals surface area contributed by atoms with Gasteiger partial charge < -0.3 is 1.43 Å². The SMILES string of the molecule is Cl.[H-].[Na+].[V].[Zn]. The van der Waals surface area contributed by atoms with Gasteiger partial charge in [-0.1, -0.05) is 0 Å². The van der Waals surface area contributed by atoms with Crippen LogP contribution in [-0.2, 0) is 38.0 Å². The van der Waals surface area contributed by atoms with Gasteiger partial charge in [-0.25, -0.2) is 0 Å². The van der Waals surface area contributed by atoms with Crippen LogP contribution < -0.4 is 29.6 Å². The van der Waals surface area contributed by atoms with E-state index in [4.69, 9.17) is 0 Å². The van der Waals surface area contributed by atoms with Crippen molar-refractivity contribution >= 4 is 12.4 Å². The van der Waals surface area contributed by atoms with Crippen molar-refractivity contribution in [2.75, 3.05) is 0 Å². The van der Waals surface area contributed by atoms with Gasteiger partial charge in [-0.3, -0.25) is 0 Å². The smallest absolute Gasteiger partial charge is 1.00 e. The van der Waals surface area contributed by atoms with Crippen molar-refractivity contribution in [1.29, 1.82) is 0 Å². The van der Waals surface area contributed by atoms with Gasteiger partial charge in [-0.05, 0) is 0 Å². The minimum Gasteiger partial charge on any atom is -1.00 e. The van der Waals surface area contributed by atoms with Crippen molar-refractivity contribution in [3.8, 4) is 0 Å². The third kappa shape index (κ3) is 8.82. The first-order valence-electron chi connectivity index (χ1n) is 0. The topological polar surface area (TPSA) is 0 Å². The minimum atomic E-state index is 0. The van der Waals surface area contributed by atoms with E-state index < -0.39 is 0 Å². The maximum absolute atomic E-state index is 0. The molecule has 0 aliphatic heterocycles. The van der Waals surface area contributed by atoms with E-state index in [0.717, 1.165) is 0 Å². The van der Waals surface area contributed by atoms with E-state index >= 15 is 0 Å². The fraction of sp³-hybridized carbons (Fsp3) is 0. The molecule has 0 aromatic heterocycles. The number of hydrogen-bond donors (Lipinski definition) is 0. The first-order chi connectivity index (χ1) is 0. The van der Waals surface area contributed by atoms with Crippen LogP contribution in [-0.4, -0.2) is 0 Å². The van der Waals surface area contributed by atoms with Crippen LogP contribution in [0.3, 0.4) is 0 Å². The Bertz CT molecular complexity index is 11.6. The zero-order valence-corrected chi connectivity index (χ0v) is 9.74. The van der Waals surface area contributed by atoms with Crippen molar-refractivity contribution in [3.05, 3.63) is 0 Å². The van der Waals surface area contributed by atoms with Crippen LogP contribution in [0.4, 0.5) is 0 Å². The van der Waals surface area contributed by atoms with E-state index in [1.165, 1.54) is 0 Å². The van der Waals surface area contributed by atoms with E-state index in [1.807, 2.05) is 0 Å². The second kappa shape index (κ2) is 17.8. The largest absolute Gasteiger partial charge is 1.00 e. The van der Waals surface area contributed by atoms with Crippen LogP contribution in [0.5, 0.6) is 0 Å². The first kappa shape index (κ1) is 31.5. The van der Waals surface area contributed by atoms with Crippen molar-refractivity contribution < 1.29 is 69.0 Å². The molecule has 0 saturated carbocycles. The van der Waals surface area contributed by atoms with Gasteiger partial charge >= 0.3 is 29.6 Å². The molecule has 0 saturated heterocycles. The standard InChI is InChI=1S/ClH.Na.V.Zn.H/h1H;;;;/q;+1;;;-1. The van der Waals surface area contributed by atoms with Crippen molar-refractivity contribution in [2.24, 2.45) is 0 Å². The Kier molecular flexibility index (Phi) is 140. The number of halogens is 1. The van der Waals surface area contributed by atoms with Gasteiger partial charge in [0.2, 0.25) is 0 Å². The minimum absolute atomic E-state index is 0. The maximum Gasteiger partial charge on any atom is 1.00 e. The van der Waals surface area contributed by atoms with Crippen LogP contribution >= 0.6 is 12.4 Å². The Labute approximate surface area is 80.3 Å². The molecule has 0 heterocycles. The summed E-state index contributed by atoms with van der Waals surface area (Å²) < 4.78 is 0. The van der Waals surface area contributed by atoms with E-state index in [9.17, 15) is 0 Å². The Balaban J connectivity index is 0. The van der Waals surface area contributed by atoms with Crippen molar-refractivity contribution in [2.45, 2.75) is 0 Å². The molecule has 1 radical (unpaired) electrons. The zero-order valence-electron chi connectivity index (χ0n) is 3.56. The second-order valence-corrected chi connectivity index (χ2v) is 0. The molecule has 0 bridgehead atoms. The molecule has 0 aliphatic carbocycles. The molecule has 4 heavy (non-hydrogen) atoms. The molecule has 0 N–H and O–H groups in total. The van der Waals surface area contributed by atoms with E-state index in [-0.39, 0.29) is 81.4 Å². The van der Waals surface area contributed by atoms with Crippen molar-refractivity contribution in [1.82, 2.24) is 0 Å². The van der Waals surface area contributed by atoms with E-state index in [1.54, 1.807) is 0 Å². The summed E-state index contributed by atoms with van der Waals surface area (Å²) in [4.78, 5) is 0. The maximum atomic E-state index is 0. The summed E-state index contributed by atoms with van der Waals surface area (Å²) in [6.07, 6.45) is 0. The predicted molar refractivity (Wildman–Crippen MR) is 8.36 cm³/mol. The molecule has 0 aromatic rings.